The molecule has 0 heterocycles. The van der Waals surface area contributed by atoms with E-state index in [1.54, 1.807) is 3.33 Å². The van der Waals surface area contributed by atoms with Crippen LogP contribution in [0, 0.1) is 5.92 Å². The number of halogens is 2. The minimum atomic E-state index is -2.13. The number of rotatable bonds is 7. The molecule has 0 aromatic heterocycles. The first-order valence-electron chi connectivity index (χ1n) is 8.36. The van der Waals surface area contributed by atoms with Crippen LogP contribution in [0.15, 0.2) is 20.0 Å². The van der Waals surface area contributed by atoms with E-state index in [1.807, 2.05) is 0 Å². The Morgan fingerprint density at radius 1 is 1.13 bits per heavy atom. The second-order valence-electron chi connectivity index (χ2n) is 6.64. The largest absolute Gasteiger partial charge is 1.00 e. The molecule has 1 aliphatic rings. The van der Waals surface area contributed by atoms with E-state index in [1.165, 1.54) is 29.6 Å². The fourth-order valence-corrected chi connectivity index (χ4v) is 25.5. The summed E-state index contributed by atoms with van der Waals surface area (Å²) in [6.45, 7) is 16.2. The molecule has 1 unspecified atom stereocenters. The number of nitrogens with one attached hydrogen (secondary N) is 1. The average molecular weight is 544 g/mol. The van der Waals surface area contributed by atoms with Crippen LogP contribution in [0.1, 0.15) is 60.3 Å². The van der Waals surface area contributed by atoms with Crippen LogP contribution in [0.2, 0.25) is 13.1 Å². The van der Waals surface area contributed by atoms with Gasteiger partial charge in [-0.2, -0.15) is 0 Å². The van der Waals surface area contributed by atoms with E-state index in [0.717, 1.165) is 12.8 Å². The van der Waals surface area contributed by atoms with Gasteiger partial charge in [0.25, 0.3) is 0 Å². The number of amides is 1. The van der Waals surface area contributed by atoms with E-state index >= 15 is 0 Å². The first kappa shape index (κ1) is 25.9. The zero-order valence-corrected chi connectivity index (χ0v) is 21.9. The van der Waals surface area contributed by atoms with Crippen molar-refractivity contribution >= 4 is 11.9 Å². The number of carbonyl (C=O) groups is 1. The molecule has 23 heavy (non-hydrogen) atoms. The van der Waals surface area contributed by atoms with Gasteiger partial charge in [0, 0.05) is 0 Å². The second kappa shape index (κ2) is 12.0. The van der Waals surface area contributed by atoms with Crippen molar-refractivity contribution in [3.05, 3.63) is 20.0 Å². The minimum Gasteiger partial charge on any atom is -1.00 e. The van der Waals surface area contributed by atoms with Gasteiger partial charge in [-0.1, -0.05) is 0 Å². The minimum absolute atomic E-state index is 0. The smallest absolute Gasteiger partial charge is 1.00 e. The molecule has 0 aliphatic heterocycles. The maximum absolute atomic E-state index is 12.3. The molecule has 1 aliphatic carbocycles. The van der Waals surface area contributed by atoms with E-state index < -0.39 is 26.9 Å². The van der Waals surface area contributed by atoms with Gasteiger partial charge >= 0.3 is 140 Å². The fraction of sp³-hybridized carbons (Fsp3) is 0.706. The molecule has 0 aromatic carbocycles. The van der Waals surface area contributed by atoms with Crippen molar-refractivity contribution in [2.75, 3.05) is 0 Å². The predicted molar refractivity (Wildman–Crippen MR) is 91.4 cm³/mol. The number of hydrogen-bond acceptors (Lipinski definition) is 1. The molecule has 1 rings (SSSR count). The molecule has 0 radical (unpaired) electrons. The Hall–Kier alpha value is 0.617. The Morgan fingerprint density at radius 2 is 1.70 bits per heavy atom. The van der Waals surface area contributed by atoms with E-state index in [2.05, 4.69) is 51.0 Å². The molecule has 0 saturated carbocycles. The van der Waals surface area contributed by atoms with Gasteiger partial charge in [-0.3, -0.25) is 0 Å². The van der Waals surface area contributed by atoms with Gasteiger partial charge in [0.2, 0.25) is 0 Å². The SMILES string of the molecule is CCCCCC(=O)[NH][Hf+2]([C]1=C(C)C(C)=C(C)C1C)[SiH](C)C.[Cl-].[Cl-]. The zero-order chi connectivity index (χ0) is 16.2. The van der Waals surface area contributed by atoms with Gasteiger partial charge in [0.15, 0.2) is 0 Å². The summed E-state index contributed by atoms with van der Waals surface area (Å²) in [6.07, 6.45) is 4.13. The molecule has 0 fully saturated rings. The van der Waals surface area contributed by atoms with Crippen LogP contribution in [0.25, 0.3) is 0 Å². The average Bonchev–Trinajstić information content (AvgIpc) is 2.61. The quantitative estimate of drug-likeness (QED) is 0.306. The van der Waals surface area contributed by atoms with Gasteiger partial charge in [-0.25, -0.2) is 0 Å². The molecular weight excluding hydrogens is 512 g/mol. The summed E-state index contributed by atoms with van der Waals surface area (Å²) in [5.41, 5.74) is 4.52. The Kier molecular flexibility index (Phi) is 13.5. The first-order valence-corrected chi connectivity index (χ1v) is 21.1. The number of carbonyl (C=O) groups excluding carboxylic acids is 1. The maximum Gasteiger partial charge on any atom is -1.00 e. The fourth-order valence-electron chi connectivity index (χ4n) is 3.07. The summed E-state index contributed by atoms with van der Waals surface area (Å²) in [5, 5.41) is 0. The third-order valence-electron chi connectivity index (χ3n) is 4.79. The molecule has 0 aromatic rings. The molecule has 1 N–H and O–H groups in total. The van der Waals surface area contributed by atoms with Crippen molar-refractivity contribution in [1.29, 1.82) is 0 Å². The topological polar surface area (TPSA) is 29.1 Å². The molecule has 2 nitrogen and oxygen atoms in total. The summed E-state index contributed by atoms with van der Waals surface area (Å²) in [4.78, 5) is 12.3. The van der Waals surface area contributed by atoms with Crippen molar-refractivity contribution in [2.45, 2.75) is 73.4 Å². The van der Waals surface area contributed by atoms with Gasteiger partial charge in [-0.15, -0.1) is 0 Å². The van der Waals surface area contributed by atoms with E-state index in [4.69, 9.17) is 0 Å². The number of unbranched alkanes of at least 4 members (excludes halogenated alkanes) is 2. The van der Waals surface area contributed by atoms with Crippen molar-refractivity contribution in [3.8, 4) is 0 Å². The summed E-state index contributed by atoms with van der Waals surface area (Å²) in [5.74, 6) is 0.145. The van der Waals surface area contributed by atoms with E-state index in [9.17, 15) is 4.79 Å². The summed E-state index contributed by atoms with van der Waals surface area (Å²) < 4.78 is 5.27. The molecule has 6 heteroatoms. The van der Waals surface area contributed by atoms with Gasteiger partial charge in [-0.05, 0) is 0 Å². The second-order valence-corrected chi connectivity index (χ2v) is 31.9. The van der Waals surface area contributed by atoms with E-state index in [-0.39, 0.29) is 24.8 Å². The number of allylic oxidation sites excluding steroid dienone is 4. The summed E-state index contributed by atoms with van der Waals surface area (Å²) >= 11 is -2.13. The Morgan fingerprint density at radius 3 is 2.09 bits per heavy atom. The Labute approximate surface area is 164 Å². The Bertz CT molecular complexity index is 464. The third kappa shape index (κ3) is 6.79. The van der Waals surface area contributed by atoms with Gasteiger partial charge < -0.3 is 24.8 Å². The standard InChI is InChI=1S/C9H13.C6H13NO.C2H7Si.2ClH.Hf/c1-6-5-7(2)9(4)8(6)3;1-2-3-4-5-6(7)8;1-3-2;;;/h6H,1-4H3;2-5H2,1H3,(H2,7,8);3H,1-2H3;2*1H;/q;;;;;+3/p-3. The van der Waals surface area contributed by atoms with Crippen molar-refractivity contribution in [3.63, 3.8) is 0 Å². The molecule has 0 bridgehead atoms. The van der Waals surface area contributed by atoms with Crippen LogP contribution >= 0.6 is 0 Å². The van der Waals surface area contributed by atoms with Crippen LogP contribution < -0.4 is 28.1 Å². The van der Waals surface area contributed by atoms with Crippen molar-refractivity contribution in [2.24, 2.45) is 5.92 Å². The molecule has 1 amide bonds. The monoisotopic (exact) mass is 544 g/mol. The first-order chi connectivity index (χ1) is 9.81. The van der Waals surface area contributed by atoms with Crippen LogP contribution in [-0.4, -0.2) is 11.9 Å². The predicted octanol–water partition coefficient (Wildman–Crippen LogP) is -1.53. The van der Waals surface area contributed by atoms with Gasteiger partial charge in [0.05, 0.1) is 0 Å². The maximum atomic E-state index is 12.3. The van der Waals surface area contributed by atoms with Gasteiger partial charge in [0.1, 0.15) is 0 Å². The van der Waals surface area contributed by atoms with Crippen LogP contribution in [-0.2, 0) is 25.7 Å². The van der Waals surface area contributed by atoms with Crippen LogP contribution in [0.3, 0.4) is 0 Å². The molecule has 133 valence electrons. The van der Waals surface area contributed by atoms with Crippen LogP contribution in [0.4, 0.5) is 0 Å². The molecule has 0 spiro atoms. The normalized spacial score (nSPS) is 17.1. The zero-order valence-electron chi connectivity index (χ0n) is 15.6. The summed E-state index contributed by atoms with van der Waals surface area (Å²) in [6, 6.07) is 0. The molecule has 0 saturated heterocycles. The molecular formula is C17H32Cl2HfNOSi. The van der Waals surface area contributed by atoms with E-state index in [0.29, 0.717) is 11.8 Å². The number of hydrogen-bond donors (Lipinski definition) is 1. The molecule has 1 atom stereocenters. The summed E-state index contributed by atoms with van der Waals surface area (Å²) in [7, 11) is 0. The third-order valence-corrected chi connectivity index (χ3v) is 29.1. The van der Waals surface area contributed by atoms with Crippen molar-refractivity contribution < 1.29 is 50.5 Å². The Balaban J connectivity index is 0. The van der Waals surface area contributed by atoms with Crippen molar-refractivity contribution in [1.82, 2.24) is 3.30 Å². The van der Waals surface area contributed by atoms with Crippen LogP contribution in [0.5, 0.6) is 0 Å².